The van der Waals surface area contributed by atoms with Gasteiger partial charge in [0.25, 0.3) is 0 Å². The lowest BCUT2D eigenvalue weighted by atomic mass is 10.2. The van der Waals surface area contributed by atoms with Crippen LogP contribution in [0.5, 0.6) is 0 Å². The topological polar surface area (TPSA) is 96.8 Å². The van der Waals surface area contributed by atoms with E-state index in [9.17, 15) is 0 Å². The Kier molecular flexibility index (Phi) is 7.72. The molecule has 6 nitrogen and oxygen atoms in total. The fraction of sp³-hybridized carbons (Fsp3) is 0.538. The number of rotatable bonds is 10. The molecule has 0 spiro atoms. The molecule has 0 atom stereocenters. The average molecular weight is 269 g/mol. The van der Waals surface area contributed by atoms with E-state index < -0.39 is 0 Å². The molecule has 0 heterocycles. The molecule has 0 bridgehead atoms. The fourth-order valence-corrected chi connectivity index (χ4v) is 1.71. The second-order valence-electron chi connectivity index (χ2n) is 4.03. The molecule has 0 fully saturated rings. The molecule has 0 saturated heterocycles. The SMILES string of the molecule is OCCCNc1cccc(NCCO)c1NCCO. The number of nitrogens with one attached hydrogen (secondary N) is 3. The minimum Gasteiger partial charge on any atom is -0.396 e. The van der Waals surface area contributed by atoms with Gasteiger partial charge in [-0.2, -0.15) is 0 Å². The Labute approximate surface area is 113 Å². The average Bonchev–Trinajstić information content (AvgIpc) is 2.44. The third kappa shape index (κ3) is 5.34. The lowest BCUT2D eigenvalue weighted by Crippen LogP contribution is -2.14. The van der Waals surface area contributed by atoms with Gasteiger partial charge in [-0.25, -0.2) is 0 Å². The van der Waals surface area contributed by atoms with Crippen molar-refractivity contribution in [2.24, 2.45) is 0 Å². The summed E-state index contributed by atoms with van der Waals surface area (Å²) in [4.78, 5) is 0. The summed E-state index contributed by atoms with van der Waals surface area (Å²) in [6, 6.07) is 5.75. The number of anilines is 3. The molecule has 0 aliphatic carbocycles. The Hall–Kier alpha value is -1.50. The number of hydrogen-bond donors (Lipinski definition) is 6. The van der Waals surface area contributed by atoms with Crippen LogP contribution in [0.2, 0.25) is 0 Å². The van der Waals surface area contributed by atoms with Gasteiger partial charge in [-0.1, -0.05) is 6.07 Å². The second kappa shape index (κ2) is 9.43. The van der Waals surface area contributed by atoms with E-state index in [-0.39, 0.29) is 19.8 Å². The van der Waals surface area contributed by atoms with Gasteiger partial charge in [0.05, 0.1) is 30.3 Å². The van der Waals surface area contributed by atoms with Gasteiger partial charge in [0.2, 0.25) is 0 Å². The molecule has 0 saturated carbocycles. The van der Waals surface area contributed by atoms with Crippen molar-refractivity contribution >= 4 is 17.1 Å². The van der Waals surface area contributed by atoms with E-state index in [1.807, 2.05) is 18.2 Å². The van der Waals surface area contributed by atoms with Crippen LogP contribution in [-0.2, 0) is 0 Å². The smallest absolute Gasteiger partial charge is 0.0812 e. The van der Waals surface area contributed by atoms with Crippen LogP contribution >= 0.6 is 0 Å². The van der Waals surface area contributed by atoms with E-state index in [0.717, 1.165) is 17.1 Å². The van der Waals surface area contributed by atoms with E-state index in [1.54, 1.807) is 0 Å². The Morgan fingerprint density at radius 3 is 1.89 bits per heavy atom. The zero-order chi connectivity index (χ0) is 13.9. The highest BCUT2D eigenvalue weighted by atomic mass is 16.3. The van der Waals surface area contributed by atoms with E-state index in [0.29, 0.717) is 26.1 Å². The van der Waals surface area contributed by atoms with Gasteiger partial charge in [-0.3, -0.25) is 0 Å². The van der Waals surface area contributed by atoms with Crippen LogP contribution < -0.4 is 16.0 Å². The largest absolute Gasteiger partial charge is 0.396 e. The fourth-order valence-electron chi connectivity index (χ4n) is 1.71. The quantitative estimate of drug-likeness (QED) is 0.342. The molecule has 19 heavy (non-hydrogen) atoms. The lowest BCUT2D eigenvalue weighted by Gasteiger charge is -2.18. The molecule has 108 valence electrons. The summed E-state index contributed by atoms with van der Waals surface area (Å²) in [5.74, 6) is 0. The molecule has 6 N–H and O–H groups in total. The maximum Gasteiger partial charge on any atom is 0.0812 e. The first-order chi connectivity index (χ1) is 9.33. The number of para-hydroxylation sites is 1. The molecule has 1 rings (SSSR count). The Balaban J connectivity index is 2.79. The van der Waals surface area contributed by atoms with E-state index >= 15 is 0 Å². The van der Waals surface area contributed by atoms with Crippen molar-refractivity contribution in [2.75, 3.05) is 55.4 Å². The summed E-state index contributed by atoms with van der Waals surface area (Å²) in [7, 11) is 0. The van der Waals surface area contributed by atoms with Gasteiger partial charge in [0, 0.05) is 26.2 Å². The van der Waals surface area contributed by atoms with Crippen molar-refractivity contribution in [3.05, 3.63) is 18.2 Å². The monoisotopic (exact) mass is 269 g/mol. The van der Waals surface area contributed by atoms with Crippen LogP contribution in [0.15, 0.2) is 18.2 Å². The molecule has 0 unspecified atom stereocenters. The van der Waals surface area contributed by atoms with Gasteiger partial charge < -0.3 is 31.3 Å². The van der Waals surface area contributed by atoms with Crippen LogP contribution in [-0.4, -0.2) is 54.8 Å². The maximum absolute atomic E-state index is 8.92. The summed E-state index contributed by atoms with van der Waals surface area (Å²) in [5.41, 5.74) is 2.64. The molecule has 6 heteroatoms. The Morgan fingerprint density at radius 1 is 0.737 bits per heavy atom. The highest BCUT2D eigenvalue weighted by Crippen LogP contribution is 2.30. The first kappa shape index (κ1) is 15.6. The summed E-state index contributed by atoms with van der Waals surface area (Å²) >= 11 is 0. The van der Waals surface area contributed by atoms with Crippen molar-refractivity contribution in [1.29, 1.82) is 0 Å². The van der Waals surface area contributed by atoms with Gasteiger partial charge in [0.15, 0.2) is 0 Å². The van der Waals surface area contributed by atoms with Crippen LogP contribution in [0.4, 0.5) is 17.1 Å². The van der Waals surface area contributed by atoms with Gasteiger partial charge in [0.1, 0.15) is 0 Å². The molecule has 0 aliphatic heterocycles. The first-order valence-corrected chi connectivity index (χ1v) is 6.50. The predicted molar refractivity (Wildman–Crippen MR) is 77.8 cm³/mol. The molecule has 1 aromatic carbocycles. The normalized spacial score (nSPS) is 10.3. The van der Waals surface area contributed by atoms with E-state index in [4.69, 9.17) is 15.3 Å². The molecular weight excluding hydrogens is 246 g/mol. The molecule has 0 amide bonds. The van der Waals surface area contributed by atoms with E-state index in [2.05, 4.69) is 16.0 Å². The zero-order valence-electron chi connectivity index (χ0n) is 11.0. The predicted octanol–water partition coefficient (Wildman–Crippen LogP) is 0.289. The standard InChI is InChI=1S/C13H23N3O3/c17-8-2-5-14-11-3-1-4-12(15-6-9-18)13(11)16-7-10-19/h1,3-4,14-19H,2,5-10H2. The van der Waals surface area contributed by atoms with Crippen molar-refractivity contribution in [3.63, 3.8) is 0 Å². The van der Waals surface area contributed by atoms with Gasteiger partial charge in [-0.15, -0.1) is 0 Å². The lowest BCUT2D eigenvalue weighted by molar-refractivity contribution is 0.292. The summed E-state index contributed by atoms with van der Waals surface area (Å²) in [6.45, 7) is 1.84. The molecule has 1 aromatic rings. The highest BCUT2D eigenvalue weighted by molar-refractivity contribution is 5.82. The second-order valence-corrected chi connectivity index (χ2v) is 4.03. The number of hydrogen-bond acceptors (Lipinski definition) is 6. The third-order valence-corrected chi connectivity index (χ3v) is 2.56. The summed E-state index contributed by atoms with van der Waals surface area (Å²) in [5, 5.41) is 36.1. The van der Waals surface area contributed by atoms with Crippen molar-refractivity contribution in [3.8, 4) is 0 Å². The van der Waals surface area contributed by atoms with Crippen molar-refractivity contribution in [2.45, 2.75) is 6.42 Å². The molecule has 0 radical (unpaired) electrons. The Morgan fingerprint density at radius 2 is 1.32 bits per heavy atom. The van der Waals surface area contributed by atoms with Gasteiger partial charge >= 0.3 is 0 Å². The number of aliphatic hydroxyl groups excluding tert-OH is 3. The van der Waals surface area contributed by atoms with Crippen LogP contribution in [0.1, 0.15) is 6.42 Å². The van der Waals surface area contributed by atoms with Crippen molar-refractivity contribution < 1.29 is 15.3 Å². The molecular formula is C13H23N3O3. The first-order valence-electron chi connectivity index (χ1n) is 6.50. The third-order valence-electron chi connectivity index (χ3n) is 2.56. The maximum atomic E-state index is 8.92. The molecule has 0 aliphatic rings. The summed E-state index contributed by atoms with van der Waals surface area (Å²) < 4.78 is 0. The van der Waals surface area contributed by atoms with E-state index in [1.165, 1.54) is 0 Å². The van der Waals surface area contributed by atoms with Crippen molar-refractivity contribution in [1.82, 2.24) is 0 Å². The van der Waals surface area contributed by atoms with Gasteiger partial charge in [-0.05, 0) is 18.6 Å². The minimum atomic E-state index is 0.0460. The minimum absolute atomic E-state index is 0.0460. The highest BCUT2D eigenvalue weighted by Gasteiger charge is 2.07. The molecule has 0 aromatic heterocycles. The number of aliphatic hydroxyl groups is 3. The van der Waals surface area contributed by atoms with Crippen LogP contribution in [0.3, 0.4) is 0 Å². The number of benzene rings is 1. The Bertz CT molecular complexity index is 361. The van der Waals surface area contributed by atoms with Crippen LogP contribution in [0, 0.1) is 0 Å². The zero-order valence-corrected chi connectivity index (χ0v) is 11.0. The van der Waals surface area contributed by atoms with Crippen LogP contribution in [0.25, 0.3) is 0 Å². The summed E-state index contributed by atoms with van der Waals surface area (Å²) in [6.07, 6.45) is 0.674.